The van der Waals surface area contributed by atoms with Crippen LogP contribution in [0.2, 0.25) is 0 Å². The van der Waals surface area contributed by atoms with Crippen LogP contribution in [0.4, 0.5) is 0 Å². The standard InChI is InChI=1S/C5H9O2/c1-4(6)5(7)2-3-5/h6-7H,2-3H2,1H3. The lowest BCUT2D eigenvalue weighted by molar-refractivity contribution is 0.0830. The van der Waals surface area contributed by atoms with E-state index in [-0.39, 0.29) is 6.10 Å². The van der Waals surface area contributed by atoms with Crippen LogP contribution in [0.15, 0.2) is 0 Å². The molecule has 0 aliphatic heterocycles. The van der Waals surface area contributed by atoms with Gasteiger partial charge in [0, 0.05) is 0 Å². The van der Waals surface area contributed by atoms with E-state index >= 15 is 0 Å². The van der Waals surface area contributed by atoms with Gasteiger partial charge in [0.25, 0.3) is 0 Å². The molecule has 0 spiro atoms. The lowest BCUT2D eigenvalue weighted by Gasteiger charge is -2.06. The molecule has 1 rings (SSSR count). The van der Waals surface area contributed by atoms with E-state index in [1.54, 1.807) is 0 Å². The van der Waals surface area contributed by atoms with Crippen molar-refractivity contribution in [1.82, 2.24) is 0 Å². The summed E-state index contributed by atoms with van der Waals surface area (Å²) in [6, 6.07) is 0. The summed E-state index contributed by atoms with van der Waals surface area (Å²) in [6.07, 6.45) is 1.62. The van der Waals surface area contributed by atoms with Crippen molar-refractivity contribution in [3.63, 3.8) is 0 Å². The molecule has 1 aliphatic carbocycles. The van der Waals surface area contributed by atoms with Gasteiger partial charge in [0.05, 0.1) is 5.60 Å². The molecule has 0 unspecified atom stereocenters. The Labute approximate surface area is 42.8 Å². The van der Waals surface area contributed by atoms with Crippen molar-refractivity contribution in [1.29, 1.82) is 0 Å². The first-order valence-electron chi connectivity index (χ1n) is 2.40. The number of hydrogen-bond acceptors (Lipinski definition) is 2. The third kappa shape index (κ3) is 0.763. The third-order valence-corrected chi connectivity index (χ3v) is 1.40. The van der Waals surface area contributed by atoms with Gasteiger partial charge in [-0.1, -0.05) is 0 Å². The zero-order valence-electron chi connectivity index (χ0n) is 4.31. The molecule has 0 amide bonds. The highest BCUT2D eigenvalue weighted by Crippen LogP contribution is 2.41. The largest absolute Gasteiger partial charge is 0.387 e. The van der Waals surface area contributed by atoms with Crippen LogP contribution in [0.1, 0.15) is 19.8 Å². The van der Waals surface area contributed by atoms with Gasteiger partial charge >= 0.3 is 0 Å². The molecular formula is C5H9O2. The lowest BCUT2D eigenvalue weighted by Crippen LogP contribution is -2.15. The van der Waals surface area contributed by atoms with E-state index in [4.69, 9.17) is 10.2 Å². The fourth-order valence-corrected chi connectivity index (χ4v) is 0.480. The smallest absolute Gasteiger partial charge is 0.122 e. The molecule has 0 saturated heterocycles. The Hall–Kier alpha value is -0.0800. The van der Waals surface area contributed by atoms with E-state index in [0.29, 0.717) is 0 Å². The average Bonchev–Trinajstić information content (AvgIpc) is 2.21. The summed E-state index contributed by atoms with van der Waals surface area (Å²) in [5.74, 6) is 0. The van der Waals surface area contributed by atoms with Gasteiger partial charge in [-0.15, -0.1) is 0 Å². The molecule has 0 aromatic heterocycles. The van der Waals surface area contributed by atoms with Crippen LogP contribution < -0.4 is 0 Å². The molecule has 0 aromatic carbocycles. The van der Waals surface area contributed by atoms with Gasteiger partial charge in [-0.25, -0.2) is 0 Å². The van der Waals surface area contributed by atoms with Gasteiger partial charge < -0.3 is 10.2 Å². The number of aliphatic hydroxyl groups excluding tert-OH is 1. The molecule has 0 aromatic rings. The summed E-state index contributed by atoms with van der Waals surface area (Å²) >= 11 is 0. The third-order valence-electron chi connectivity index (χ3n) is 1.40. The quantitative estimate of drug-likeness (QED) is 0.503. The summed E-state index contributed by atoms with van der Waals surface area (Å²) < 4.78 is 0. The molecule has 1 radical (unpaired) electrons. The van der Waals surface area contributed by atoms with Gasteiger partial charge in [0.1, 0.15) is 6.10 Å². The Balaban J connectivity index is 2.39. The summed E-state index contributed by atoms with van der Waals surface area (Å²) in [5, 5.41) is 17.5. The molecule has 2 N–H and O–H groups in total. The van der Waals surface area contributed by atoms with Gasteiger partial charge in [0.2, 0.25) is 0 Å². The highest BCUT2D eigenvalue weighted by Gasteiger charge is 2.45. The monoisotopic (exact) mass is 101 g/mol. The van der Waals surface area contributed by atoms with E-state index in [0.717, 1.165) is 12.8 Å². The predicted octanol–water partition coefficient (Wildman–Crippen LogP) is 0.436. The SMILES string of the molecule is C[C](O)C1(O)CC1. The molecule has 41 valence electrons. The van der Waals surface area contributed by atoms with Crippen LogP contribution in [-0.2, 0) is 0 Å². The number of rotatable bonds is 1. The van der Waals surface area contributed by atoms with Crippen LogP contribution in [0.5, 0.6) is 0 Å². The Morgan fingerprint density at radius 3 is 2.00 bits per heavy atom. The van der Waals surface area contributed by atoms with Gasteiger partial charge in [0.15, 0.2) is 0 Å². The van der Waals surface area contributed by atoms with Crippen molar-refractivity contribution in [2.45, 2.75) is 25.4 Å². The molecule has 1 aliphatic rings. The van der Waals surface area contributed by atoms with Gasteiger partial charge in [-0.05, 0) is 19.8 Å². The normalized spacial score (nSPS) is 25.7. The highest BCUT2D eigenvalue weighted by atomic mass is 16.3. The van der Waals surface area contributed by atoms with Crippen LogP contribution in [0.25, 0.3) is 0 Å². The summed E-state index contributed by atoms with van der Waals surface area (Å²) in [7, 11) is 0. The van der Waals surface area contributed by atoms with E-state index in [1.165, 1.54) is 6.92 Å². The van der Waals surface area contributed by atoms with Crippen LogP contribution in [0, 0.1) is 6.10 Å². The molecule has 0 bridgehead atoms. The van der Waals surface area contributed by atoms with Crippen LogP contribution in [-0.4, -0.2) is 15.8 Å². The molecule has 0 atom stereocenters. The second-order valence-corrected chi connectivity index (χ2v) is 2.12. The second kappa shape index (κ2) is 1.20. The Morgan fingerprint density at radius 2 is 2.00 bits per heavy atom. The molecule has 1 saturated carbocycles. The maximum absolute atomic E-state index is 8.92. The van der Waals surface area contributed by atoms with Crippen molar-refractivity contribution in [2.75, 3.05) is 0 Å². The molecule has 2 heteroatoms. The summed E-state index contributed by atoms with van der Waals surface area (Å²) in [4.78, 5) is 0. The zero-order valence-corrected chi connectivity index (χ0v) is 4.31. The highest BCUT2D eigenvalue weighted by molar-refractivity contribution is 5.07. The van der Waals surface area contributed by atoms with E-state index in [1.807, 2.05) is 0 Å². The molecule has 7 heavy (non-hydrogen) atoms. The predicted molar refractivity (Wildman–Crippen MR) is 25.0 cm³/mol. The Bertz CT molecular complexity index is 74.1. The summed E-state index contributed by atoms with van der Waals surface area (Å²) in [5.41, 5.74) is -0.778. The Morgan fingerprint density at radius 1 is 1.57 bits per heavy atom. The van der Waals surface area contributed by atoms with Crippen molar-refractivity contribution >= 4 is 0 Å². The molecule has 2 nitrogen and oxygen atoms in total. The minimum atomic E-state index is -0.778. The molecule has 0 heterocycles. The van der Waals surface area contributed by atoms with E-state index in [9.17, 15) is 0 Å². The maximum atomic E-state index is 8.92. The molecule has 1 fully saturated rings. The van der Waals surface area contributed by atoms with Crippen molar-refractivity contribution < 1.29 is 10.2 Å². The van der Waals surface area contributed by atoms with Crippen LogP contribution >= 0.6 is 0 Å². The number of hydrogen-bond donors (Lipinski definition) is 2. The number of aliphatic hydroxyl groups is 2. The lowest BCUT2D eigenvalue weighted by atomic mass is 10.2. The van der Waals surface area contributed by atoms with Crippen molar-refractivity contribution in [3.8, 4) is 0 Å². The fraction of sp³-hybridized carbons (Fsp3) is 0.800. The second-order valence-electron chi connectivity index (χ2n) is 2.12. The first-order valence-corrected chi connectivity index (χ1v) is 2.40. The topological polar surface area (TPSA) is 40.5 Å². The minimum absolute atomic E-state index is 0.160. The van der Waals surface area contributed by atoms with Gasteiger partial charge in [-0.3, -0.25) is 0 Å². The first-order chi connectivity index (χ1) is 3.15. The average molecular weight is 101 g/mol. The molecular weight excluding hydrogens is 92.1 g/mol. The van der Waals surface area contributed by atoms with E-state index < -0.39 is 5.60 Å². The van der Waals surface area contributed by atoms with Crippen LogP contribution in [0.3, 0.4) is 0 Å². The summed E-state index contributed by atoms with van der Waals surface area (Å²) in [6.45, 7) is 1.53. The van der Waals surface area contributed by atoms with Crippen molar-refractivity contribution in [2.24, 2.45) is 0 Å². The van der Waals surface area contributed by atoms with E-state index in [2.05, 4.69) is 0 Å². The minimum Gasteiger partial charge on any atom is -0.387 e. The zero-order chi connectivity index (χ0) is 5.49. The van der Waals surface area contributed by atoms with Gasteiger partial charge in [-0.2, -0.15) is 0 Å². The Kier molecular flexibility index (Phi) is 0.869. The first kappa shape index (κ1) is 5.06. The maximum Gasteiger partial charge on any atom is 0.122 e. The fourth-order valence-electron chi connectivity index (χ4n) is 0.480. The van der Waals surface area contributed by atoms with Crippen molar-refractivity contribution in [3.05, 3.63) is 6.10 Å².